The van der Waals surface area contributed by atoms with Crippen LogP contribution in [0, 0.1) is 0 Å². The first kappa shape index (κ1) is 22.6. The van der Waals surface area contributed by atoms with Crippen LogP contribution >= 0.6 is 22.7 Å². The van der Waals surface area contributed by atoms with Crippen molar-refractivity contribution in [1.82, 2.24) is 15.0 Å². The van der Waals surface area contributed by atoms with Crippen LogP contribution < -0.4 is 10.9 Å². The Morgan fingerprint density at radius 3 is 2.81 bits per heavy atom. The molecule has 0 aromatic carbocycles. The number of aryl methyl sites for hydroxylation is 3. The topological polar surface area (TPSA) is 114 Å². The standard InChI is InChI=1S/C22H26N4O4S2/c1-4-30-20(29)22(2,3)14-11-31-21(23-14)26-16(27)10-9-15-24-18(28)17-12-7-5-6-8-13(12)32-19(17)25-15/h11H,4-10H2,1-3H3,(H,23,26,27)(H,24,25,28). The van der Waals surface area contributed by atoms with E-state index >= 15 is 0 Å². The highest BCUT2D eigenvalue weighted by atomic mass is 32.1. The summed E-state index contributed by atoms with van der Waals surface area (Å²) >= 11 is 2.86. The van der Waals surface area contributed by atoms with Crippen molar-refractivity contribution in [2.75, 3.05) is 11.9 Å². The van der Waals surface area contributed by atoms with E-state index in [0.717, 1.165) is 41.5 Å². The van der Waals surface area contributed by atoms with E-state index in [1.807, 2.05) is 0 Å². The van der Waals surface area contributed by atoms with Gasteiger partial charge in [-0.15, -0.1) is 22.7 Å². The molecule has 3 aromatic rings. The van der Waals surface area contributed by atoms with Gasteiger partial charge in [0.2, 0.25) is 5.91 Å². The van der Waals surface area contributed by atoms with Gasteiger partial charge in [0, 0.05) is 23.1 Å². The van der Waals surface area contributed by atoms with Gasteiger partial charge in [0.25, 0.3) is 5.56 Å². The lowest BCUT2D eigenvalue weighted by molar-refractivity contribution is -0.148. The van der Waals surface area contributed by atoms with Crippen LogP contribution in [0.4, 0.5) is 5.13 Å². The monoisotopic (exact) mass is 474 g/mol. The molecule has 2 N–H and O–H groups in total. The highest BCUT2D eigenvalue weighted by molar-refractivity contribution is 7.18. The number of nitrogens with one attached hydrogen (secondary N) is 2. The normalized spacial score (nSPS) is 13.7. The molecule has 0 atom stereocenters. The SMILES string of the molecule is CCOC(=O)C(C)(C)c1csc(NC(=O)CCc2nc3sc4c(c3c(=O)[nH]2)CCCC4)n1. The Balaban J connectivity index is 1.40. The van der Waals surface area contributed by atoms with Gasteiger partial charge >= 0.3 is 5.97 Å². The van der Waals surface area contributed by atoms with Crippen molar-refractivity contribution in [3.63, 3.8) is 0 Å². The van der Waals surface area contributed by atoms with Gasteiger partial charge in [-0.05, 0) is 52.0 Å². The van der Waals surface area contributed by atoms with Crippen molar-refractivity contribution in [2.24, 2.45) is 0 Å². The number of H-pyrrole nitrogens is 1. The zero-order valence-electron chi connectivity index (χ0n) is 18.4. The first-order valence-corrected chi connectivity index (χ1v) is 12.5. The zero-order valence-corrected chi connectivity index (χ0v) is 20.0. The summed E-state index contributed by atoms with van der Waals surface area (Å²) < 4.78 is 5.11. The summed E-state index contributed by atoms with van der Waals surface area (Å²) in [5.41, 5.74) is 0.693. The second-order valence-corrected chi connectivity index (χ2v) is 10.3. The first-order valence-electron chi connectivity index (χ1n) is 10.8. The van der Waals surface area contributed by atoms with Gasteiger partial charge in [0.05, 0.1) is 17.7 Å². The number of thiazole rings is 1. The molecule has 1 aliphatic carbocycles. The van der Waals surface area contributed by atoms with Crippen LogP contribution in [0.2, 0.25) is 0 Å². The van der Waals surface area contributed by atoms with Crippen LogP contribution in [-0.4, -0.2) is 33.4 Å². The lowest BCUT2D eigenvalue weighted by Gasteiger charge is -2.19. The van der Waals surface area contributed by atoms with E-state index < -0.39 is 5.41 Å². The average Bonchev–Trinajstić information content (AvgIpc) is 3.37. The number of aromatic nitrogens is 3. The second-order valence-electron chi connectivity index (χ2n) is 8.34. The van der Waals surface area contributed by atoms with Gasteiger partial charge in [0.15, 0.2) is 5.13 Å². The van der Waals surface area contributed by atoms with Gasteiger partial charge in [0.1, 0.15) is 16.1 Å². The maximum Gasteiger partial charge on any atom is 0.317 e. The van der Waals surface area contributed by atoms with Crippen LogP contribution in [0.1, 0.15) is 62.0 Å². The lowest BCUT2D eigenvalue weighted by Crippen LogP contribution is -2.31. The van der Waals surface area contributed by atoms with E-state index in [9.17, 15) is 14.4 Å². The Hall–Kier alpha value is -2.59. The number of ether oxygens (including phenoxy) is 1. The van der Waals surface area contributed by atoms with E-state index in [-0.39, 0.29) is 23.9 Å². The maximum atomic E-state index is 12.6. The molecule has 1 amide bonds. The van der Waals surface area contributed by atoms with Gasteiger partial charge < -0.3 is 15.0 Å². The number of nitrogens with zero attached hydrogens (tertiary/aromatic N) is 2. The third-order valence-corrected chi connectivity index (χ3v) is 7.58. The smallest absolute Gasteiger partial charge is 0.317 e. The van der Waals surface area contributed by atoms with E-state index in [1.54, 1.807) is 37.5 Å². The highest BCUT2D eigenvalue weighted by Gasteiger charge is 2.34. The number of carbonyl (C=O) groups is 2. The second kappa shape index (κ2) is 9.11. The Labute approximate surface area is 193 Å². The summed E-state index contributed by atoms with van der Waals surface area (Å²) in [4.78, 5) is 51.1. The Kier molecular flexibility index (Phi) is 6.43. The molecule has 10 heteroatoms. The fourth-order valence-corrected chi connectivity index (χ4v) is 5.95. The number of rotatable bonds is 7. The summed E-state index contributed by atoms with van der Waals surface area (Å²) in [6.45, 7) is 5.54. The van der Waals surface area contributed by atoms with Crippen LogP contribution in [0.3, 0.4) is 0 Å². The number of esters is 1. The summed E-state index contributed by atoms with van der Waals surface area (Å²) in [7, 11) is 0. The zero-order chi connectivity index (χ0) is 22.9. The molecule has 8 nitrogen and oxygen atoms in total. The molecule has 0 unspecified atom stereocenters. The third kappa shape index (κ3) is 4.47. The number of carbonyl (C=O) groups excluding carboxylic acids is 2. The summed E-state index contributed by atoms with van der Waals surface area (Å²) in [5.74, 6) is -0.0727. The van der Waals surface area contributed by atoms with E-state index in [1.165, 1.54) is 16.2 Å². The molecule has 32 heavy (non-hydrogen) atoms. The molecular weight excluding hydrogens is 448 g/mol. The average molecular weight is 475 g/mol. The number of amides is 1. The minimum absolute atomic E-state index is 0.115. The Bertz CT molecular complexity index is 1220. The van der Waals surface area contributed by atoms with Crippen molar-refractivity contribution < 1.29 is 14.3 Å². The Morgan fingerprint density at radius 2 is 2.03 bits per heavy atom. The molecule has 3 heterocycles. The summed E-state index contributed by atoms with van der Waals surface area (Å²) in [5, 5.41) is 5.66. The number of aromatic amines is 1. The van der Waals surface area contributed by atoms with Crippen molar-refractivity contribution in [1.29, 1.82) is 0 Å². The van der Waals surface area contributed by atoms with Crippen molar-refractivity contribution in [2.45, 2.75) is 64.7 Å². The van der Waals surface area contributed by atoms with Crippen LogP contribution in [-0.2, 0) is 39.0 Å². The van der Waals surface area contributed by atoms with Gasteiger partial charge in [-0.25, -0.2) is 9.97 Å². The number of hydrogen-bond donors (Lipinski definition) is 2. The molecule has 0 spiro atoms. The van der Waals surface area contributed by atoms with Crippen LogP contribution in [0.5, 0.6) is 0 Å². The molecule has 0 radical (unpaired) electrons. The largest absolute Gasteiger partial charge is 0.465 e. The maximum absolute atomic E-state index is 12.6. The van der Waals surface area contributed by atoms with Crippen molar-refractivity contribution in [3.8, 4) is 0 Å². The highest BCUT2D eigenvalue weighted by Crippen LogP contribution is 2.33. The minimum atomic E-state index is -0.895. The fourth-order valence-electron chi connectivity index (χ4n) is 3.77. The third-order valence-electron chi connectivity index (χ3n) is 5.64. The van der Waals surface area contributed by atoms with E-state index in [2.05, 4.69) is 20.3 Å². The Morgan fingerprint density at radius 1 is 1.25 bits per heavy atom. The lowest BCUT2D eigenvalue weighted by atomic mass is 9.90. The first-order chi connectivity index (χ1) is 15.3. The van der Waals surface area contributed by atoms with Gasteiger partial charge in [-0.3, -0.25) is 14.4 Å². The van der Waals surface area contributed by atoms with E-state index in [0.29, 0.717) is 29.7 Å². The molecule has 170 valence electrons. The quantitative estimate of drug-likeness (QED) is 0.504. The van der Waals surface area contributed by atoms with E-state index in [4.69, 9.17) is 4.74 Å². The molecule has 0 saturated heterocycles. The fraction of sp³-hybridized carbons (Fsp3) is 0.500. The van der Waals surface area contributed by atoms with Gasteiger partial charge in [-0.2, -0.15) is 0 Å². The number of fused-ring (bicyclic) bond motifs is 3. The minimum Gasteiger partial charge on any atom is -0.465 e. The summed E-state index contributed by atoms with van der Waals surface area (Å²) in [6, 6.07) is 0. The predicted molar refractivity (Wildman–Crippen MR) is 126 cm³/mol. The molecular formula is C22H26N4O4S2. The molecule has 1 aliphatic rings. The number of hydrogen-bond acceptors (Lipinski definition) is 8. The van der Waals surface area contributed by atoms with Gasteiger partial charge in [-0.1, -0.05) is 0 Å². The number of anilines is 1. The molecule has 0 saturated carbocycles. The molecule has 0 aliphatic heterocycles. The molecule has 4 rings (SSSR count). The van der Waals surface area contributed by atoms with Crippen LogP contribution in [0.15, 0.2) is 10.2 Å². The molecule has 0 bridgehead atoms. The predicted octanol–water partition coefficient (Wildman–Crippen LogP) is 3.73. The summed E-state index contributed by atoms with van der Waals surface area (Å²) in [6.07, 6.45) is 4.69. The van der Waals surface area contributed by atoms with Crippen molar-refractivity contribution in [3.05, 3.63) is 37.7 Å². The molecule has 0 fully saturated rings. The van der Waals surface area contributed by atoms with Crippen molar-refractivity contribution >= 4 is 49.9 Å². The van der Waals surface area contributed by atoms with Crippen LogP contribution in [0.25, 0.3) is 10.2 Å². The number of thiophene rings is 1. The molecule has 3 aromatic heterocycles.